The van der Waals surface area contributed by atoms with E-state index in [1.165, 1.54) is 122 Å². The lowest BCUT2D eigenvalue weighted by Crippen LogP contribution is -2.30. The number of rotatable bonds is 61. The molecule has 0 aromatic heterocycles. The van der Waals surface area contributed by atoms with Gasteiger partial charge < -0.3 is 14.2 Å². The van der Waals surface area contributed by atoms with Crippen molar-refractivity contribution in [3.05, 3.63) is 146 Å². The maximum atomic E-state index is 12.9. The Labute approximate surface area is 512 Å². The van der Waals surface area contributed by atoms with Gasteiger partial charge in [0, 0.05) is 19.3 Å². The SMILES string of the molecule is CC/C=C\C/C=C\C/C=C\C/C=C\C/C=C\C/C=C\C/C=C\C/C=C\C/C=C\CCCCCCCCCC(=O)OCC(COC(=O)CCCCCCC/C=C\CCCCCC)OC(=O)CCCCCCCCC/C=C\C/C=C\CCCCC. The van der Waals surface area contributed by atoms with E-state index < -0.39 is 6.10 Å². The molecule has 0 N–H and O–H groups in total. The summed E-state index contributed by atoms with van der Waals surface area (Å²) < 4.78 is 16.9. The molecule has 0 aliphatic heterocycles. The first-order chi connectivity index (χ1) is 41.0. The molecule has 0 heterocycles. The third-order valence-corrected chi connectivity index (χ3v) is 14.3. The standard InChI is InChI=1S/C77H126O6/c1-4-7-10-13-16-19-22-25-27-29-30-31-32-33-34-35-36-37-38-39-40-41-42-43-44-45-46-48-49-52-55-58-61-64-67-70-76(79)82-73-74(72-81-75(78)69-66-63-60-57-54-51-24-21-18-15-12-9-6-3)83-77(80)71-68-65-62-59-56-53-50-47-28-26-23-20-17-14-11-8-5-2/h7,10,16-17,19-21,24-28,30-31,33-34,36-37,39-40,42-43,45-46,74H,4-6,8-9,11-15,18,22-23,29,32,35,38,41,44,47-73H2,1-3H3/b10-7-,19-16-,20-17-,24-21-,27-25-,28-26-,31-30-,34-33-,37-36-,40-39-,43-42-,46-45-. The predicted molar refractivity (Wildman–Crippen MR) is 362 cm³/mol. The lowest BCUT2D eigenvalue weighted by atomic mass is 10.1. The Morgan fingerprint density at radius 2 is 0.470 bits per heavy atom. The van der Waals surface area contributed by atoms with Gasteiger partial charge in [0.25, 0.3) is 0 Å². The van der Waals surface area contributed by atoms with Crippen LogP contribution in [0.4, 0.5) is 0 Å². The van der Waals surface area contributed by atoms with Crippen molar-refractivity contribution in [3.63, 3.8) is 0 Å². The third-order valence-electron chi connectivity index (χ3n) is 14.3. The molecule has 6 heteroatoms. The van der Waals surface area contributed by atoms with Crippen molar-refractivity contribution >= 4 is 17.9 Å². The summed E-state index contributed by atoms with van der Waals surface area (Å²) in [7, 11) is 0. The molecule has 0 fully saturated rings. The summed E-state index contributed by atoms with van der Waals surface area (Å²) in [6, 6.07) is 0. The van der Waals surface area contributed by atoms with E-state index in [0.717, 1.165) is 141 Å². The van der Waals surface area contributed by atoms with Crippen LogP contribution in [0.3, 0.4) is 0 Å². The van der Waals surface area contributed by atoms with Gasteiger partial charge in [-0.15, -0.1) is 0 Å². The Balaban J connectivity index is 4.30. The highest BCUT2D eigenvalue weighted by Crippen LogP contribution is 2.15. The fraction of sp³-hybridized carbons (Fsp3) is 0.649. The number of ether oxygens (including phenoxy) is 3. The van der Waals surface area contributed by atoms with Gasteiger partial charge in [-0.05, 0) is 148 Å². The van der Waals surface area contributed by atoms with E-state index in [9.17, 15) is 14.4 Å². The first kappa shape index (κ1) is 78.3. The molecule has 1 unspecified atom stereocenters. The van der Waals surface area contributed by atoms with Crippen molar-refractivity contribution in [2.75, 3.05) is 13.2 Å². The minimum absolute atomic E-state index is 0.0917. The molecular formula is C77H126O6. The largest absolute Gasteiger partial charge is 0.462 e. The van der Waals surface area contributed by atoms with Crippen LogP contribution >= 0.6 is 0 Å². The fourth-order valence-electron chi connectivity index (χ4n) is 9.17. The summed E-state index contributed by atoms with van der Waals surface area (Å²) in [6.45, 7) is 6.47. The summed E-state index contributed by atoms with van der Waals surface area (Å²) in [5, 5.41) is 0. The Morgan fingerprint density at radius 3 is 0.771 bits per heavy atom. The zero-order valence-electron chi connectivity index (χ0n) is 53.9. The van der Waals surface area contributed by atoms with Crippen molar-refractivity contribution in [1.82, 2.24) is 0 Å². The minimum Gasteiger partial charge on any atom is -0.462 e. The molecule has 6 nitrogen and oxygen atoms in total. The van der Waals surface area contributed by atoms with Crippen molar-refractivity contribution in [3.8, 4) is 0 Å². The Kier molecular flexibility index (Phi) is 65.8. The second kappa shape index (κ2) is 69.8. The van der Waals surface area contributed by atoms with Gasteiger partial charge in [-0.3, -0.25) is 14.4 Å². The number of carbonyl (C=O) groups excluding carboxylic acids is 3. The normalized spacial score (nSPS) is 13.0. The summed E-state index contributed by atoms with van der Waals surface area (Å²) in [5.74, 6) is -0.916. The smallest absolute Gasteiger partial charge is 0.306 e. The molecule has 0 aromatic carbocycles. The predicted octanol–water partition coefficient (Wildman–Crippen LogP) is 23.9. The van der Waals surface area contributed by atoms with E-state index in [1.807, 2.05) is 0 Å². The third kappa shape index (κ3) is 68.0. The van der Waals surface area contributed by atoms with Crippen molar-refractivity contribution < 1.29 is 28.6 Å². The Bertz CT molecular complexity index is 1800. The van der Waals surface area contributed by atoms with Crippen LogP contribution in [0.25, 0.3) is 0 Å². The highest BCUT2D eigenvalue weighted by Gasteiger charge is 2.19. The van der Waals surface area contributed by atoms with Crippen molar-refractivity contribution in [2.45, 2.75) is 309 Å². The average molecular weight is 1150 g/mol. The molecule has 0 saturated carbocycles. The van der Waals surface area contributed by atoms with E-state index in [4.69, 9.17) is 14.2 Å². The van der Waals surface area contributed by atoms with Gasteiger partial charge in [0.2, 0.25) is 0 Å². The highest BCUT2D eigenvalue weighted by atomic mass is 16.6. The lowest BCUT2D eigenvalue weighted by molar-refractivity contribution is -0.167. The zero-order chi connectivity index (χ0) is 59.9. The molecule has 0 amide bonds. The molecule has 470 valence electrons. The van der Waals surface area contributed by atoms with Gasteiger partial charge in [-0.25, -0.2) is 0 Å². The number of esters is 3. The molecule has 0 aromatic rings. The van der Waals surface area contributed by atoms with Crippen LogP contribution in [0.5, 0.6) is 0 Å². The molecule has 0 spiro atoms. The van der Waals surface area contributed by atoms with Crippen LogP contribution < -0.4 is 0 Å². The molecule has 0 radical (unpaired) electrons. The molecule has 0 bridgehead atoms. The van der Waals surface area contributed by atoms with Crippen LogP contribution in [0, 0.1) is 0 Å². The zero-order valence-corrected chi connectivity index (χ0v) is 53.9. The second-order valence-corrected chi connectivity index (χ2v) is 22.3. The molecule has 0 rings (SSSR count). The minimum atomic E-state index is -0.796. The van der Waals surface area contributed by atoms with Gasteiger partial charge in [0.15, 0.2) is 6.10 Å². The van der Waals surface area contributed by atoms with Gasteiger partial charge in [0.1, 0.15) is 13.2 Å². The van der Waals surface area contributed by atoms with Crippen LogP contribution in [0.1, 0.15) is 303 Å². The number of hydrogen-bond acceptors (Lipinski definition) is 6. The molecule has 1 atom stereocenters. The van der Waals surface area contributed by atoms with E-state index >= 15 is 0 Å². The fourth-order valence-corrected chi connectivity index (χ4v) is 9.17. The van der Waals surface area contributed by atoms with Crippen molar-refractivity contribution in [2.24, 2.45) is 0 Å². The Morgan fingerprint density at radius 1 is 0.253 bits per heavy atom. The van der Waals surface area contributed by atoms with Gasteiger partial charge in [-0.2, -0.15) is 0 Å². The first-order valence-corrected chi connectivity index (χ1v) is 34.3. The van der Waals surface area contributed by atoms with E-state index in [1.54, 1.807) is 0 Å². The van der Waals surface area contributed by atoms with Crippen LogP contribution in [-0.4, -0.2) is 37.2 Å². The van der Waals surface area contributed by atoms with Crippen LogP contribution in [0.15, 0.2) is 146 Å². The second-order valence-electron chi connectivity index (χ2n) is 22.3. The Hall–Kier alpha value is -4.71. The lowest BCUT2D eigenvalue weighted by Gasteiger charge is -2.18. The summed E-state index contributed by atoms with van der Waals surface area (Å²) in [5.41, 5.74) is 0. The maximum Gasteiger partial charge on any atom is 0.306 e. The van der Waals surface area contributed by atoms with E-state index in [0.29, 0.717) is 19.3 Å². The molecular weight excluding hydrogens is 1020 g/mol. The molecule has 83 heavy (non-hydrogen) atoms. The van der Waals surface area contributed by atoms with Crippen molar-refractivity contribution in [1.29, 1.82) is 0 Å². The average Bonchev–Trinajstić information content (AvgIpc) is 3.49. The highest BCUT2D eigenvalue weighted by molar-refractivity contribution is 5.71. The van der Waals surface area contributed by atoms with Crippen LogP contribution in [-0.2, 0) is 28.6 Å². The van der Waals surface area contributed by atoms with Gasteiger partial charge in [0.05, 0.1) is 0 Å². The molecule has 0 saturated heterocycles. The molecule has 0 aliphatic carbocycles. The number of hydrogen-bond donors (Lipinski definition) is 0. The number of unbranched alkanes of at least 4 members (excludes halogenated alkanes) is 26. The quantitative estimate of drug-likeness (QED) is 0.0261. The van der Waals surface area contributed by atoms with Crippen LogP contribution in [0.2, 0.25) is 0 Å². The summed E-state index contributed by atoms with van der Waals surface area (Å²) in [6.07, 6.45) is 100. The topological polar surface area (TPSA) is 78.9 Å². The first-order valence-electron chi connectivity index (χ1n) is 34.3. The van der Waals surface area contributed by atoms with Gasteiger partial charge >= 0.3 is 17.9 Å². The monoisotopic (exact) mass is 1150 g/mol. The summed E-state index contributed by atoms with van der Waals surface area (Å²) >= 11 is 0. The maximum absolute atomic E-state index is 12.9. The summed E-state index contributed by atoms with van der Waals surface area (Å²) in [4.78, 5) is 38.3. The number of allylic oxidation sites excluding steroid dienone is 24. The number of carbonyl (C=O) groups is 3. The van der Waals surface area contributed by atoms with Gasteiger partial charge in [-0.1, -0.05) is 282 Å². The van der Waals surface area contributed by atoms with E-state index in [-0.39, 0.29) is 31.1 Å². The molecule has 0 aliphatic rings. The van der Waals surface area contributed by atoms with E-state index in [2.05, 4.69) is 167 Å².